The van der Waals surface area contributed by atoms with Gasteiger partial charge in [-0.05, 0) is 70.8 Å². The van der Waals surface area contributed by atoms with Gasteiger partial charge in [-0.3, -0.25) is 19.4 Å². The van der Waals surface area contributed by atoms with Crippen LogP contribution in [0.4, 0.5) is 11.4 Å². The average Bonchev–Trinajstić information content (AvgIpc) is 3.50. The van der Waals surface area contributed by atoms with E-state index in [4.69, 9.17) is 0 Å². The van der Waals surface area contributed by atoms with Gasteiger partial charge in [0.25, 0.3) is 11.8 Å². The summed E-state index contributed by atoms with van der Waals surface area (Å²) >= 11 is 0. The minimum atomic E-state index is -0.155. The first-order valence-electron chi connectivity index (χ1n) is 14.8. The van der Waals surface area contributed by atoms with E-state index >= 15 is 0 Å². The van der Waals surface area contributed by atoms with E-state index in [1.807, 2.05) is 123 Å². The van der Waals surface area contributed by atoms with E-state index in [1.165, 1.54) is 0 Å². The van der Waals surface area contributed by atoms with Crippen LogP contribution in [0.1, 0.15) is 22.3 Å². The molecule has 8 rings (SSSR count). The van der Waals surface area contributed by atoms with Crippen LogP contribution < -0.4 is 9.80 Å². The molecule has 0 aromatic heterocycles. The van der Waals surface area contributed by atoms with Crippen LogP contribution in [-0.2, 0) is 9.59 Å². The fraction of sp³-hybridized carbons (Fsp3) is 0.0500. The molecular weight excluding hydrogens is 540 g/mol. The summed E-state index contributed by atoms with van der Waals surface area (Å²) < 4.78 is 0. The van der Waals surface area contributed by atoms with Crippen LogP contribution in [0.3, 0.4) is 0 Å². The van der Waals surface area contributed by atoms with E-state index < -0.39 is 0 Å². The van der Waals surface area contributed by atoms with Crippen molar-refractivity contribution in [3.05, 3.63) is 167 Å². The molecule has 6 aromatic rings. The second-order valence-corrected chi connectivity index (χ2v) is 11.5. The Hall–Kier alpha value is -5.74. The summed E-state index contributed by atoms with van der Waals surface area (Å²) in [5, 5.41) is 3.99. The highest BCUT2D eigenvalue weighted by molar-refractivity contribution is 6.45. The number of benzene rings is 6. The quantitative estimate of drug-likeness (QED) is 0.213. The van der Waals surface area contributed by atoms with E-state index in [1.54, 1.807) is 9.80 Å². The third kappa shape index (κ3) is 3.85. The van der Waals surface area contributed by atoms with Crippen LogP contribution in [0.15, 0.2) is 145 Å². The Bertz CT molecular complexity index is 2050. The van der Waals surface area contributed by atoms with E-state index in [0.717, 1.165) is 55.2 Å². The first-order valence-corrected chi connectivity index (χ1v) is 14.8. The summed E-state index contributed by atoms with van der Waals surface area (Å²) in [6.45, 7) is 4.06. The summed E-state index contributed by atoms with van der Waals surface area (Å²) in [6.07, 6.45) is 0. The van der Waals surface area contributed by atoms with Crippen molar-refractivity contribution in [3.8, 4) is 0 Å². The van der Waals surface area contributed by atoms with Gasteiger partial charge in [0.2, 0.25) is 0 Å². The van der Waals surface area contributed by atoms with Crippen molar-refractivity contribution in [2.45, 2.75) is 13.8 Å². The van der Waals surface area contributed by atoms with Gasteiger partial charge in [0.15, 0.2) is 0 Å². The Morgan fingerprint density at radius 1 is 0.409 bits per heavy atom. The van der Waals surface area contributed by atoms with Gasteiger partial charge in [-0.15, -0.1) is 0 Å². The minimum absolute atomic E-state index is 0.155. The lowest BCUT2D eigenvalue weighted by Crippen LogP contribution is -2.27. The molecule has 2 amide bonds. The second-order valence-electron chi connectivity index (χ2n) is 11.5. The first kappa shape index (κ1) is 25.9. The normalized spacial score (nSPS) is 14.9. The van der Waals surface area contributed by atoms with Gasteiger partial charge in [0, 0.05) is 11.4 Å². The highest BCUT2D eigenvalue weighted by Crippen LogP contribution is 2.51. The molecule has 0 unspecified atom stereocenters. The van der Waals surface area contributed by atoms with Crippen molar-refractivity contribution in [2.75, 3.05) is 9.80 Å². The highest BCUT2D eigenvalue weighted by atomic mass is 16.2. The standard InChI is InChI=1S/C40H28N2O2/c1-25-17-21-29(22-18-25)41-37-35(33-15-7-11-27-9-3-5-13-31(27)33)40(44)42(30-23-19-26(2)20-24-30)38(37)36(39(41)43)34-16-8-12-28-10-4-6-14-32(28)34/h3-24H,1-2H3. The number of fused-ring (bicyclic) bond motifs is 3. The Labute approximate surface area is 255 Å². The van der Waals surface area contributed by atoms with Crippen LogP contribution in [0.25, 0.3) is 32.7 Å². The lowest BCUT2D eigenvalue weighted by Gasteiger charge is -2.21. The molecule has 2 heterocycles. The molecule has 0 bridgehead atoms. The first-order chi connectivity index (χ1) is 21.5. The molecule has 0 fully saturated rings. The van der Waals surface area contributed by atoms with Gasteiger partial charge in [-0.1, -0.05) is 120 Å². The number of aryl methyl sites for hydroxylation is 2. The lowest BCUT2D eigenvalue weighted by molar-refractivity contribution is -0.112. The van der Waals surface area contributed by atoms with E-state index in [2.05, 4.69) is 24.3 Å². The number of carbonyl (C=O) groups excluding carboxylic acids is 2. The van der Waals surface area contributed by atoms with Gasteiger partial charge in [-0.25, -0.2) is 0 Å². The largest absolute Gasteiger partial charge is 0.274 e. The van der Waals surface area contributed by atoms with Crippen LogP contribution in [-0.4, -0.2) is 11.8 Å². The highest BCUT2D eigenvalue weighted by Gasteiger charge is 2.50. The van der Waals surface area contributed by atoms with E-state index in [-0.39, 0.29) is 11.8 Å². The summed E-state index contributed by atoms with van der Waals surface area (Å²) in [5.41, 5.74) is 7.50. The predicted molar refractivity (Wildman–Crippen MR) is 179 cm³/mol. The average molecular weight is 569 g/mol. The van der Waals surface area contributed by atoms with E-state index in [9.17, 15) is 9.59 Å². The number of rotatable bonds is 4. The third-order valence-corrected chi connectivity index (χ3v) is 8.68. The molecule has 210 valence electrons. The van der Waals surface area contributed by atoms with Crippen molar-refractivity contribution >= 4 is 55.9 Å². The zero-order valence-corrected chi connectivity index (χ0v) is 24.4. The van der Waals surface area contributed by atoms with Crippen LogP contribution in [0.5, 0.6) is 0 Å². The summed E-state index contributed by atoms with van der Waals surface area (Å²) in [4.78, 5) is 33.3. The molecule has 0 saturated heterocycles. The second kappa shape index (κ2) is 9.92. The van der Waals surface area contributed by atoms with Crippen LogP contribution in [0.2, 0.25) is 0 Å². The number of anilines is 2. The fourth-order valence-electron chi connectivity index (χ4n) is 6.55. The Kier molecular flexibility index (Phi) is 5.85. The summed E-state index contributed by atoms with van der Waals surface area (Å²) in [6, 6.07) is 44.1. The molecule has 6 aromatic carbocycles. The smallest absolute Gasteiger partial charge is 0.265 e. The van der Waals surface area contributed by atoms with Crippen molar-refractivity contribution in [1.29, 1.82) is 0 Å². The number of amides is 2. The molecular formula is C40H28N2O2. The molecule has 44 heavy (non-hydrogen) atoms. The molecule has 2 aliphatic heterocycles. The maximum absolute atomic E-state index is 14.9. The summed E-state index contributed by atoms with van der Waals surface area (Å²) in [7, 11) is 0. The SMILES string of the molecule is Cc1ccc(N2C(=O)C(c3cccc4ccccc34)=C3C2=C(c2cccc4ccccc24)C(=O)N3c2ccc(C)cc2)cc1. The molecule has 2 aliphatic rings. The third-order valence-electron chi connectivity index (χ3n) is 8.68. The number of hydrogen-bond donors (Lipinski definition) is 0. The van der Waals surface area contributed by atoms with Crippen molar-refractivity contribution in [1.82, 2.24) is 0 Å². The summed E-state index contributed by atoms with van der Waals surface area (Å²) in [5.74, 6) is -0.310. The monoisotopic (exact) mass is 568 g/mol. The molecule has 0 saturated carbocycles. The van der Waals surface area contributed by atoms with Gasteiger partial charge in [-0.2, -0.15) is 0 Å². The van der Waals surface area contributed by atoms with Gasteiger partial charge >= 0.3 is 0 Å². The Morgan fingerprint density at radius 3 is 1.18 bits per heavy atom. The van der Waals surface area contributed by atoms with Crippen LogP contribution in [0, 0.1) is 13.8 Å². The van der Waals surface area contributed by atoms with Crippen molar-refractivity contribution in [2.24, 2.45) is 0 Å². The molecule has 0 spiro atoms. The van der Waals surface area contributed by atoms with E-state index in [0.29, 0.717) is 22.5 Å². The van der Waals surface area contributed by atoms with Gasteiger partial charge in [0.1, 0.15) is 0 Å². The zero-order valence-electron chi connectivity index (χ0n) is 24.4. The molecule has 4 nitrogen and oxygen atoms in total. The molecule has 0 aliphatic carbocycles. The van der Waals surface area contributed by atoms with Gasteiger partial charge in [0.05, 0.1) is 22.5 Å². The molecule has 0 N–H and O–H groups in total. The number of nitrogens with zero attached hydrogens (tertiary/aromatic N) is 2. The predicted octanol–water partition coefficient (Wildman–Crippen LogP) is 8.83. The lowest BCUT2D eigenvalue weighted by atomic mass is 9.96. The Morgan fingerprint density at radius 2 is 0.773 bits per heavy atom. The molecule has 0 atom stereocenters. The van der Waals surface area contributed by atoms with Crippen LogP contribution >= 0.6 is 0 Å². The number of hydrogen-bond acceptors (Lipinski definition) is 2. The van der Waals surface area contributed by atoms with Gasteiger partial charge < -0.3 is 0 Å². The maximum atomic E-state index is 14.9. The van der Waals surface area contributed by atoms with Crippen molar-refractivity contribution < 1.29 is 9.59 Å². The molecule has 4 heteroatoms. The zero-order chi connectivity index (χ0) is 29.9. The molecule has 0 radical (unpaired) electrons. The topological polar surface area (TPSA) is 40.6 Å². The maximum Gasteiger partial charge on any atom is 0.265 e. The number of carbonyl (C=O) groups is 2. The fourth-order valence-corrected chi connectivity index (χ4v) is 6.55. The Balaban J connectivity index is 1.52. The van der Waals surface area contributed by atoms with Crippen molar-refractivity contribution in [3.63, 3.8) is 0 Å². The minimum Gasteiger partial charge on any atom is -0.274 e.